The van der Waals surface area contributed by atoms with Crippen molar-refractivity contribution < 1.29 is 27.1 Å². The first kappa shape index (κ1) is 18.5. The van der Waals surface area contributed by atoms with Crippen LogP contribution in [0, 0.1) is 11.7 Å². The molecule has 1 heterocycles. The summed E-state index contributed by atoms with van der Waals surface area (Å²) in [6, 6.07) is 3.04. The van der Waals surface area contributed by atoms with Gasteiger partial charge in [-0.05, 0) is 25.1 Å². The minimum atomic E-state index is -4.54. The van der Waals surface area contributed by atoms with Crippen LogP contribution in [0.2, 0.25) is 0 Å². The van der Waals surface area contributed by atoms with Gasteiger partial charge in [-0.25, -0.2) is 4.39 Å². The lowest BCUT2D eigenvalue weighted by Gasteiger charge is -2.15. The number of carbonyl (C=O) groups is 1. The number of nitrogens with one attached hydrogen (secondary N) is 2. The molecule has 0 saturated carbocycles. The van der Waals surface area contributed by atoms with Gasteiger partial charge in [0.15, 0.2) is 6.61 Å². The van der Waals surface area contributed by atoms with E-state index in [9.17, 15) is 22.4 Å². The Hall–Kier alpha value is -1.54. The third-order valence-corrected chi connectivity index (χ3v) is 3.02. The smallest absolute Gasteiger partial charge is 0.422 e. The molecule has 0 aliphatic carbocycles. The van der Waals surface area contributed by atoms with Crippen LogP contribution in [0.3, 0.4) is 0 Å². The van der Waals surface area contributed by atoms with Crippen molar-refractivity contribution in [2.75, 3.05) is 25.0 Å². The van der Waals surface area contributed by atoms with Gasteiger partial charge in [0.25, 0.3) is 0 Å². The monoisotopic (exact) mass is 342 g/mol. The third-order valence-electron chi connectivity index (χ3n) is 3.02. The molecule has 1 fully saturated rings. The first-order valence-corrected chi connectivity index (χ1v) is 6.36. The number of hydrogen-bond donors (Lipinski definition) is 2. The maximum atomic E-state index is 13.1. The minimum Gasteiger partial charge on any atom is -0.482 e. The van der Waals surface area contributed by atoms with Crippen molar-refractivity contribution in [2.45, 2.75) is 12.6 Å². The van der Waals surface area contributed by atoms with Gasteiger partial charge in [0.1, 0.15) is 11.6 Å². The molecule has 22 heavy (non-hydrogen) atoms. The first-order valence-electron chi connectivity index (χ1n) is 6.36. The van der Waals surface area contributed by atoms with E-state index >= 15 is 0 Å². The minimum absolute atomic E-state index is 0. The van der Waals surface area contributed by atoms with Crippen LogP contribution in [0.25, 0.3) is 0 Å². The van der Waals surface area contributed by atoms with E-state index in [0.29, 0.717) is 19.5 Å². The van der Waals surface area contributed by atoms with Crippen molar-refractivity contribution in [3.8, 4) is 5.75 Å². The highest BCUT2D eigenvalue weighted by Crippen LogP contribution is 2.28. The van der Waals surface area contributed by atoms with Gasteiger partial charge in [-0.15, -0.1) is 12.4 Å². The van der Waals surface area contributed by atoms with Gasteiger partial charge in [-0.2, -0.15) is 13.2 Å². The topological polar surface area (TPSA) is 50.4 Å². The summed E-state index contributed by atoms with van der Waals surface area (Å²) >= 11 is 0. The zero-order valence-corrected chi connectivity index (χ0v) is 12.2. The van der Waals surface area contributed by atoms with Gasteiger partial charge in [0.05, 0.1) is 11.6 Å². The van der Waals surface area contributed by atoms with Crippen LogP contribution in [0.4, 0.5) is 23.2 Å². The first-order chi connectivity index (χ1) is 9.85. The molecule has 0 radical (unpaired) electrons. The number of halogens is 5. The fourth-order valence-electron chi connectivity index (χ4n) is 1.99. The number of alkyl halides is 3. The van der Waals surface area contributed by atoms with E-state index in [1.807, 2.05) is 0 Å². The molecule has 1 aliphatic heterocycles. The quantitative estimate of drug-likeness (QED) is 0.827. The molecule has 1 saturated heterocycles. The molecule has 4 nitrogen and oxygen atoms in total. The van der Waals surface area contributed by atoms with Gasteiger partial charge in [-0.3, -0.25) is 4.79 Å². The molecular formula is C13H15ClF4N2O2. The SMILES string of the molecule is Cl.O=C(Nc1ccc(F)cc1OCC(F)(F)F)C1CCNC1. The highest BCUT2D eigenvalue weighted by molar-refractivity contribution is 5.94. The number of amides is 1. The number of carbonyl (C=O) groups excluding carboxylic acids is 1. The van der Waals surface area contributed by atoms with Crippen LogP contribution in [-0.2, 0) is 4.79 Å². The number of ether oxygens (including phenoxy) is 1. The van der Waals surface area contributed by atoms with Gasteiger partial charge in [0, 0.05) is 12.6 Å². The molecule has 1 atom stereocenters. The molecule has 2 rings (SSSR count). The molecular weight excluding hydrogens is 328 g/mol. The van der Waals surface area contributed by atoms with Gasteiger partial charge in [-0.1, -0.05) is 0 Å². The van der Waals surface area contributed by atoms with E-state index in [1.54, 1.807) is 0 Å². The summed E-state index contributed by atoms with van der Waals surface area (Å²) in [5.41, 5.74) is 0.0255. The van der Waals surface area contributed by atoms with Crippen molar-refractivity contribution in [1.29, 1.82) is 0 Å². The standard InChI is InChI=1S/C13H14F4N2O2.ClH/c14-9-1-2-10(11(5-9)21-7-13(15,16)17)19-12(20)8-3-4-18-6-8;/h1-2,5,8,18H,3-4,6-7H2,(H,19,20);1H. The average Bonchev–Trinajstić information content (AvgIpc) is 2.92. The fourth-order valence-corrected chi connectivity index (χ4v) is 1.99. The second-order valence-electron chi connectivity index (χ2n) is 4.72. The average molecular weight is 343 g/mol. The van der Waals surface area contributed by atoms with Gasteiger partial charge >= 0.3 is 6.18 Å². The highest BCUT2D eigenvalue weighted by atomic mass is 35.5. The summed E-state index contributed by atoms with van der Waals surface area (Å²) in [6.45, 7) is -0.338. The van der Waals surface area contributed by atoms with Crippen molar-refractivity contribution in [3.05, 3.63) is 24.0 Å². The molecule has 0 spiro atoms. The molecule has 1 aliphatic rings. The number of benzene rings is 1. The van der Waals surface area contributed by atoms with Crippen molar-refractivity contribution in [2.24, 2.45) is 5.92 Å². The fraction of sp³-hybridized carbons (Fsp3) is 0.462. The van der Waals surface area contributed by atoms with E-state index in [4.69, 9.17) is 0 Å². The molecule has 1 unspecified atom stereocenters. The van der Waals surface area contributed by atoms with Crippen molar-refractivity contribution in [1.82, 2.24) is 5.32 Å². The van der Waals surface area contributed by atoms with Crippen LogP contribution in [0.15, 0.2) is 18.2 Å². The van der Waals surface area contributed by atoms with E-state index in [2.05, 4.69) is 15.4 Å². The predicted octanol–water partition coefficient (Wildman–Crippen LogP) is 2.74. The van der Waals surface area contributed by atoms with Gasteiger partial charge in [0.2, 0.25) is 5.91 Å². The lowest BCUT2D eigenvalue weighted by Crippen LogP contribution is -2.25. The van der Waals surface area contributed by atoms with Crippen LogP contribution in [-0.4, -0.2) is 31.8 Å². The predicted molar refractivity (Wildman–Crippen MR) is 74.8 cm³/mol. The molecule has 9 heteroatoms. The van der Waals surface area contributed by atoms with Gasteiger partial charge < -0.3 is 15.4 Å². The Morgan fingerprint density at radius 3 is 2.73 bits per heavy atom. The largest absolute Gasteiger partial charge is 0.482 e. The maximum Gasteiger partial charge on any atom is 0.422 e. The summed E-state index contributed by atoms with van der Waals surface area (Å²) < 4.78 is 54.2. The lowest BCUT2D eigenvalue weighted by atomic mass is 10.1. The normalized spacial score (nSPS) is 17.7. The summed E-state index contributed by atoms with van der Waals surface area (Å²) in [4.78, 5) is 11.9. The van der Waals surface area contributed by atoms with E-state index < -0.39 is 18.6 Å². The molecule has 1 aromatic rings. The Balaban J connectivity index is 0.00000242. The molecule has 1 amide bonds. The summed E-state index contributed by atoms with van der Waals surface area (Å²) in [5, 5.41) is 5.48. The summed E-state index contributed by atoms with van der Waals surface area (Å²) in [6.07, 6.45) is -3.89. The Morgan fingerprint density at radius 2 is 2.14 bits per heavy atom. The molecule has 2 N–H and O–H groups in total. The zero-order valence-electron chi connectivity index (χ0n) is 11.4. The van der Waals surface area contributed by atoms with Crippen LogP contribution in [0.5, 0.6) is 5.75 Å². The lowest BCUT2D eigenvalue weighted by molar-refractivity contribution is -0.153. The van der Waals surface area contributed by atoms with Crippen LogP contribution in [0.1, 0.15) is 6.42 Å². The van der Waals surface area contributed by atoms with E-state index in [1.165, 1.54) is 6.07 Å². The second-order valence-corrected chi connectivity index (χ2v) is 4.72. The Kier molecular flexibility index (Phi) is 6.43. The molecule has 0 bridgehead atoms. The number of anilines is 1. The van der Waals surface area contributed by atoms with Crippen molar-refractivity contribution in [3.63, 3.8) is 0 Å². The Morgan fingerprint density at radius 1 is 1.41 bits per heavy atom. The van der Waals surface area contributed by atoms with Crippen LogP contribution < -0.4 is 15.4 Å². The Bertz CT molecular complexity index is 519. The number of rotatable bonds is 4. The Labute approximate surface area is 130 Å². The van der Waals surface area contributed by atoms with Crippen molar-refractivity contribution >= 4 is 24.0 Å². The third kappa shape index (κ3) is 5.34. The highest BCUT2D eigenvalue weighted by Gasteiger charge is 2.29. The maximum absolute atomic E-state index is 13.1. The summed E-state index contributed by atoms with van der Waals surface area (Å²) in [7, 11) is 0. The molecule has 1 aromatic carbocycles. The molecule has 0 aromatic heterocycles. The summed E-state index contributed by atoms with van der Waals surface area (Å²) in [5.74, 6) is -1.67. The van der Waals surface area contributed by atoms with Crippen LogP contribution >= 0.6 is 12.4 Å². The number of hydrogen-bond acceptors (Lipinski definition) is 3. The second kappa shape index (κ2) is 7.64. The zero-order chi connectivity index (χ0) is 15.5. The van der Waals surface area contributed by atoms with E-state index in [-0.39, 0.29) is 35.7 Å². The molecule has 124 valence electrons. The van der Waals surface area contributed by atoms with E-state index in [0.717, 1.165) is 12.1 Å².